The summed E-state index contributed by atoms with van der Waals surface area (Å²) in [5, 5.41) is 0.959. The summed E-state index contributed by atoms with van der Waals surface area (Å²) in [5.41, 5.74) is 1.33. The van der Waals surface area contributed by atoms with Gasteiger partial charge < -0.3 is 0 Å². The quantitative estimate of drug-likeness (QED) is 0.544. The third-order valence-corrected chi connectivity index (χ3v) is 2.20. The Hall–Kier alpha value is -2.14. The van der Waals surface area contributed by atoms with Crippen LogP contribution in [-0.4, -0.2) is 10.8 Å². The van der Waals surface area contributed by atoms with Gasteiger partial charge in [0.2, 0.25) is 0 Å². The fourth-order valence-corrected chi connectivity index (χ4v) is 1.52. The van der Waals surface area contributed by atoms with Crippen LogP contribution in [0.1, 0.15) is 16.8 Å². The van der Waals surface area contributed by atoms with Gasteiger partial charge in [0.15, 0.2) is 5.78 Å². The number of Topliss-reactive ketones (excluding diaryl/α,β-unsaturated/α-hetero) is 1. The summed E-state index contributed by atoms with van der Waals surface area (Å²) < 4.78 is 0. The lowest BCUT2D eigenvalue weighted by Crippen LogP contribution is -1.99. The van der Waals surface area contributed by atoms with Crippen molar-refractivity contribution in [3.63, 3.8) is 0 Å². The van der Waals surface area contributed by atoms with Crippen molar-refractivity contribution < 1.29 is 4.79 Å². The predicted octanol–water partition coefficient (Wildman–Crippen LogP) is 2.44. The first-order valence-corrected chi connectivity index (χ1v) is 4.63. The molecule has 1 heterocycles. The van der Waals surface area contributed by atoms with E-state index < -0.39 is 0 Å². The maximum atomic E-state index is 11.7. The van der Waals surface area contributed by atoms with Crippen LogP contribution < -0.4 is 0 Å². The Morgan fingerprint density at radius 2 is 2.13 bits per heavy atom. The molecule has 0 saturated heterocycles. The third kappa shape index (κ3) is 1.72. The lowest BCUT2D eigenvalue weighted by atomic mass is 10.0. The molecule has 0 N–H and O–H groups in total. The van der Waals surface area contributed by atoms with Crippen LogP contribution in [0.5, 0.6) is 0 Å². The van der Waals surface area contributed by atoms with Gasteiger partial charge >= 0.3 is 0 Å². The number of hydrogen-bond donors (Lipinski definition) is 0. The van der Waals surface area contributed by atoms with Gasteiger partial charge in [0.25, 0.3) is 0 Å². The minimum atomic E-state index is -0.0539. The van der Waals surface area contributed by atoms with E-state index in [9.17, 15) is 4.79 Å². The first-order chi connectivity index (χ1) is 7.33. The zero-order chi connectivity index (χ0) is 10.7. The number of para-hydroxylation sites is 1. The summed E-state index contributed by atoms with van der Waals surface area (Å²) in [6, 6.07) is 9.30. The van der Waals surface area contributed by atoms with Gasteiger partial charge in [0.1, 0.15) is 0 Å². The Morgan fingerprint density at radius 1 is 1.33 bits per heavy atom. The van der Waals surface area contributed by atoms with Gasteiger partial charge in [-0.2, -0.15) is 0 Å². The monoisotopic (exact) mass is 195 g/mol. The van der Waals surface area contributed by atoms with Gasteiger partial charge in [-0.25, -0.2) is 0 Å². The molecule has 0 unspecified atom stereocenters. The van der Waals surface area contributed by atoms with Crippen LogP contribution in [0.15, 0.2) is 36.5 Å². The maximum absolute atomic E-state index is 11.7. The lowest BCUT2D eigenvalue weighted by molar-refractivity contribution is 0.0999. The molecule has 2 aromatic rings. The Labute approximate surface area is 88.0 Å². The van der Waals surface area contributed by atoms with Crippen LogP contribution in [0.25, 0.3) is 10.9 Å². The molecule has 0 aliphatic rings. The molecule has 72 valence electrons. The van der Waals surface area contributed by atoms with E-state index in [0.29, 0.717) is 5.56 Å². The topological polar surface area (TPSA) is 30.0 Å². The molecule has 0 amide bonds. The molecule has 1 aromatic heterocycles. The average Bonchev–Trinajstić information content (AvgIpc) is 2.28. The number of carbonyl (C=O) groups is 1. The number of terminal acetylenes is 1. The van der Waals surface area contributed by atoms with Gasteiger partial charge in [-0.15, -0.1) is 6.42 Å². The van der Waals surface area contributed by atoms with Crippen molar-refractivity contribution in [3.8, 4) is 12.3 Å². The number of benzene rings is 1. The molecular formula is C13H9NO. The van der Waals surface area contributed by atoms with E-state index in [1.165, 1.54) is 0 Å². The van der Waals surface area contributed by atoms with Gasteiger partial charge in [-0.1, -0.05) is 24.1 Å². The normalized spacial score (nSPS) is 9.80. The minimum absolute atomic E-state index is 0.0539. The van der Waals surface area contributed by atoms with Crippen molar-refractivity contribution in [3.05, 3.63) is 42.1 Å². The van der Waals surface area contributed by atoms with Gasteiger partial charge in [-0.3, -0.25) is 9.78 Å². The zero-order valence-corrected chi connectivity index (χ0v) is 8.10. The summed E-state index contributed by atoms with van der Waals surface area (Å²) in [7, 11) is 0. The molecular weight excluding hydrogens is 186 g/mol. The number of nitrogens with zero attached hydrogens (tertiary/aromatic N) is 1. The number of pyridine rings is 1. The molecule has 1 aromatic carbocycles. The van der Waals surface area contributed by atoms with Gasteiger partial charge in [0, 0.05) is 17.1 Å². The molecule has 0 atom stereocenters. The molecule has 2 rings (SSSR count). The van der Waals surface area contributed by atoms with Gasteiger partial charge in [-0.05, 0) is 12.1 Å². The van der Waals surface area contributed by atoms with E-state index >= 15 is 0 Å². The summed E-state index contributed by atoms with van der Waals surface area (Å²) >= 11 is 0. The van der Waals surface area contributed by atoms with Crippen molar-refractivity contribution in [1.29, 1.82) is 0 Å². The van der Waals surface area contributed by atoms with Gasteiger partial charge in [0.05, 0.1) is 11.9 Å². The Bertz CT molecular complexity index is 546. The fourth-order valence-electron chi connectivity index (χ4n) is 1.52. The molecule has 0 saturated carbocycles. The molecule has 0 aliphatic heterocycles. The van der Waals surface area contributed by atoms with Crippen molar-refractivity contribution >= 4 is 16.7 Å². The second-order valence-electron chi connectivity index (χ2n) is 3.18. The standard InChI is InChI=1S/C13H9NO/c1-2-5-12(15)11-8-3-6-10-7-4-9-14-13(10)11/h1,3-4,6-9H,5H2. The van der Waals surface area contributed by atoms with Crippen LogP contribution in [-0.2, 0) is 0 Å². The summed E-state index contributed by atoms with van der Waals surface area (Å²) in [5.74, 6) is 2.30. The highest BCUT2D eigenvalue weighted by Gasteiger charge is 2.08. The summed E-state index contributed by atoms with van der Waals surface area (Å²) in [4.78, 5) is 15.9. The Kier molecular flexibility index (Phi) is 2.47. The van der Waals surface area contributed by atoms with Crippen LogP contribution in [0.2, 0.25) is 0 Å². The Morgan fingerprint density at radius 3 is 2.93 bits per heavy atom. The minimum Gasteiger partial charge on any atom is -0.293 e. The lowest BCUT2D eigenvalue weighted by Gasteiger charge is -2.01. The van der Waals surface area contributed by atoms with Crippen LogP contribution in [0.3, 0.4) is 0 Å². The number of carbonyl (C=O) groups excluding carboxylic acids is 1. The largest absolute Gasteiger partial charge is 0.293 e. The molecule has 0 aliphatic carbocycles. The SMILES string of the molecule is C#CCC(=O)c1cccc2cccnc12. The fraction of sp³-hybridized carbons (Fsp3) is 0.0769. The van der Waals surface area contributed by atoms with E-state index in [1.807, 2.05) is 24.3 Å². The predicted molar refractivity (Wildman–Crippen MR) is 59.5 cm³/mol. The summed E-state index contributed by atoms with van der Waals surface area (Å²) in [6.45, 7) is 0. The molecule has 15 heavy (non-hydrogen) atoms. The van der Waals surface area contributed by atoms with Crippen molar-refractivity contribution in [2.24, 2.45) is 0 Å². The number of rotatable bonds is 2. The van der Waals surface area contributed by atoms with E-state index in [0.717, 1.165) is 10.9 Å². The number of ketones is 1. The highest BCUT2D eigenvalue weighted by molar-refractivity contribution is 6.07. The average molecular weight is 195 g/mol. The molecule has 0 radical (unpaired) electrons. The van der Waals surface area contributed by atoms with Crippen LogP contribution in [0, 0.1) is 12.3 Å². The van der Waals surface area contributed by atoms with Crippen molar-refractivity contribution in [2.45, 2.75) is 6.42 Å². The van der Waals surface area contributed by atoms with Crippen LogP contribution >= 0.6 is 0 Å². The molecule has 2 heteroatoms. The van der Waals surface area contributed by atoms with Crippen LogP contribution in [0.4, 0.5) is 0 Å². The van der Waals surface area contributed by atoms with E-state index in [1.54, 1.807) is 12.3 Å². The molecule has 2 nitrogen and oxygen atoms in total. The molecule has 0 bridgehead atoms. The van der Waals surface area contributed by atoms with E-state index in [-0.39, 0.29) is 12.2 Å². The number of aromatic nitrogens is 1. The molecule has 0 fully saturated rings. The second-order valence-corrected chi connectivity index (χ2v) is 3.18. The second kappa shape index (κ2) is 3.93. The van der Waals surface area contributed by atoms with Crippen molar-refractivity contribution in [2.75, 3.05) is 0 Å². The smallest absolute Gasteiger partial charge is 0.176 e. The first kappa shape index (κ1) is 9.42. The third-order valence-electron chi connectivity index (χ3n) is 2.20. The highest BCUT2D eigenvalue weighted by atomic mass is 16.1. The number of fused-ring (bicyclic) bond motifs is 1. The Balaban J connectivity index is 2.62. The highest BCUT2D eigenvalue weighted by Crippen LogP contribution is 2.16. The van der Waals surface area contributed by atoms with E-state index in [2.05, 4.69) is 10.9 Å². The maximum Gasteiger partial charge on any atom is 0.176 e. The van der Waals surface area contributed by atoms with Crippen molar-refractivity contribution in [1.82, 2.24) is 4.98 Å². The summed E-state index contributed by atoms with van der Waals surface area (Å²) in [6.07, 6.45) is 6.92. The number of hydrogen-bond acceptors (Lipinski definition) is 2. The van der Waals surface area contributed by atoms with E-state index in [4.69, 9.17) is 6.42 Å². The first-order valence-electron chi connectivity index (χ1n) is 4.63. The zero-order valence-electron chi connectivity index (χ0n) is 8.10. The molecule has 0 spiro atoms.